The van der Waals surface area contributed by atoms with Gasteiger partial charge in [0.25, 0.3) is 0 Å². The fourth-order valence-corrected chi connectivity index (χ4v) is 5.10. The van der Waals surface area contributed by atoms with Gasteiger partial charge in [0.1, 0.15) is 5.25 Å². The van der Waals surface area contributed by atoms with Crippen LogP contribution in [0.25, 0.3) is 0 Å². The Labute approximate surface area is 147 Å². The molecule has 0 spiro atoms. The number of thioether (sulfide) groups is 1. The van der Waals surface area contributed by atoms with Gasteiger partial charge in [0.15, 0.2) is 0 Å². The van der Waals surface area contributed by atoms with Crippen molar-refractivity contribution < 1.29 is 9.59 Å². The first-order chi connectivity index (χ1) is 11.7. The lowest BCUT2D eigenvalue weighted by atomic mass is 9.84. The fourth-order valence-electron chi connectivity index (χ4n) is 3.82. The Bertz CT molecular complexity index is 636. The zero-order valence-electron chi connectivity index (χ0n) is 13.9. The molecule has 0 N–H and O–H groups in total. The summed E-state index contributed by atoms with van der Waals surface area (Å²) in [4.78, 5) is 29.3. The molecule has 24 heavy (non-hydrogen) atoms. The van der Waals surface area contributed by atoms with Crippen molar-refractivity contribution >= 4 is 23.6 Å². The zero-order chi connectivity index (χ0) is 16.5. The van der Waals surface area contributed by atoms with Gasteiger partial charge in [-0.1, -0.05) is 30.7 Å². The van der Waals surface area contributed by atoms with Crippen molar-refractivity contribution in [3.63, 3.8) is 0 Å². The van der Waals surface area contributed by atoms with Crippen LogP contribution in [0.4, 0.5) is 0 Å². The Balaban J connectivity index is 1.39. The maximum Gasteiger partial charge on any atom is 0.240 e. The molecule has 2 fully saturated rings. The van der Waals surface area contributed by atoms with Crippen LogP contribution >= 0.6 is 11.8 Å². The Morgan fingerprint density at radius 2 is 1.62 bits per heavy atom. The number of aryl methyl sites for hydroxylation is 1. The number of benzene rings is 1. The summed E-state index contributed by atoms with van der Waals surface area (Å²) in [7, 11) is 0. The molecule has 1 aromatic rings. The summed E-state index contributed by atoms with van der Waals surface area (Å²) in [6.45, 7) is 2.74. The molecular formula is C19H24N2O2S. The van der Waals surface area contributed by atoms with Crippen LogP contribution in [0.5, 0.6) is 0 Å². The molecule has 0 unspecified atom stereocenters. The molecule has 1 atom stereocenters. The predicted molar refractivity (Wildman–Crippen MR) is 95.8 cm³/mol. The second-order valence-corrected chi connectivity index (χ2v) is 8.19. The first-order valence-corrected chi connectivity index (χ1v) is 10.1. The molecule has 0 radical (unpaired) electrons. The van der Waals surface area contributed by atoms with Gasteiger partial charge in [-0.15, -0.1) is 11.8 Å². The summed E-state index contributed by atoms with van der Waals surface area (Å²) in [5, 5.41) is -0.0659. The number of rotatable bonds is 2. The van der Waals surface area contributed by atoms with E-state index in [9.17, 15) is 9.59 Å². The smallest absolute Gasteiger partial charge is 0.240 e. The summed E-state index contributed by atoms with van der Waals surface area (Å²) < 4.78 is 0. The molecule has 1 aliphatic carbocycles. The minimum absolute atomic E-state index is 0.0659. The van der Waals surface area contributed by atoms with Crippen LogP contribution in [-0.2, 0) is 16.0 Å². The third-order valence-electron chi connectivity index (χ3n) is 5.58. The zero-order valence-corrected chi connectivity index (χ0v) is 14.8. The van der Waals surface area contributed by atoms with E-state index in [1.165, 1.54) is 17.5 Å². The van der Waals surface area contributed by atoms with Gasteiger partial charge in [-0.2, -0.15) is 0 Å². The van der Waals surface area contributed by atoms with E-state index in [-0.39, 0.29) is 17.1 Å². The summed E-state index contributed by atoms with van der Waals surface area (Å²) in [5.41, 5.74) is 2.50. The normalized spacial score (nSPS) is 24.2. The highest BCUT2D eigenvalue weighted by Crippen LogP contribution is 2.38. The van der Waals surface area contributed by atoms with Gasteiger partial charge in [0.2, 0.25) is 11.8 Å². The van der Waals surface area contributed by atoms with E-state index >= 15 is 0 Å². The molecule has 3 aliphatic rings. The average Bonchev–Trinajstić information content (AvgIpc) is 2.59. The number of amides is 2. The molecule has 5 heteroatoms. The summed E-state index contributed by atoms with van der Waals surface area (Å²) in [6, 6.07) is 8.33. The maximum atomic E-state index is 13.0. The SMILES string of the molecule is O=C(C1CCC1)N1CCN(C(=O)[C@H]2SCCc3ccccc32)CC1. The highest BCUT2D eigenvalue weighted by atomic mass is 32.2. The molecule has 0 aromatic heterocycles. The van der Waals surface area contributed by atoms with Crippen molar-refractivity contribution in [2.24, 2.45) is 5.92 Å². The minimum Gasteiger partial charge on any atom is -0.339 e. The van der Waals surface area contributed by atoms with Gasteiger partial charge in [0, 0.05) is 32.1 Å². The molecular weight excluding hydrogens is 320 g/mol. The number of hydrogen-bond donors (Lipinski definition) is 0. The molecule has 1 saturated heterocycles. The molecule has 2 aliphatic heterocycles. The predicted octanol–water partition coefficient (Wildman–Crippen LogP) is 2.49. The molecule has 2 heterocycles. The van der Waals surface area contributed by atoms with Gasteiger partial charge in [-0.3, -0.25) is 9.59 Å². The van der Waals surface area contributed by atoms with Crippen LogP contribution in [0.3, 0.4) is 0 Å². The van der Waals surface area contributed by atoms with Crippen LogP contribution in [0, 0.1) is 5.92 Å². The molecule has 1 aromatic carbocycles. The van der Waals surface area contributed by atoms with Gasteiger partial charge in [-0.25, -0.2) is 0 Å². The third kappa shape index (κ3) is 2.94. The highest BCUT2D eigenvalue weighted by Gasteiger charge is 2.35. The maximum absolute atomic E-state index is 13.0. The second-order valence-electron chi connectivity index (χ2n) is 6.98. The second kappa shape index (κ2) is 6.79. The topological polar surface area (TPSA) is 40.6 Å². The van der Waals surface area contributed by atoms with E-state index in [1.807, 2.05) is 15.9 Å². The van der Waals surface area contributed by atoms with E-state index < -0.39 is 0 Å². The molecule has 4 nitrogen and oxygen atoms in total. The van der Waals surface area contributed by atoms with Crippen molar-refractivity contribution in [2.75, 3.05) is 31.9 Å². The van der Waals surface area contributed by atoms with Crippen molar-refractivity contribution in [2.45, 2.75) is 30.9 Å². The number of fused-ring (bicyclic) bond motifs is 1. The Hall–Kier alpha value is -1.49. The van der Waals surface area contributed by atoms with E-state index in [1.54, 1.807) is 11.8 Å². The van der Waals surface area contributed by atoms with Crippen molar-refractivity contribution in [1.82, 2.24) is 9.80 Å². The number of nitrogens with zero attached hydrogens (tertiary/aromatic N) is 2. The van der Waals surface area contributed by atoms with Crippen molar-refractivity contribution in [1.29, 1.82) is 0 Å². The molecule has 1 saturated carbocycles. The van der Waals surface area contributed by atoms with Gasteiger partial charge in [0.05, 0.1) is 0 Å². The molecule has 2 amide bonds. The number of piperazine rings is 1. The Kier molecular flexibility index (Phi) is 4.53. The summed E-state index contributed by atoms with van der Waals surface area (Å²) in [6.07, 6.45) is 4.34. The Morgan fingerprint density at radius 1 is 0.958 bits per heavy atom. The number of carbonyl (C=O) groups is 2. The van der Waals surface area contributed by atoms with Crippen molar-refractivity contribution in [3.05, 3.63) is 35.4 Å². The van der Waals surface area contributed by atoms with Crippen LogP contribution in [-0.4, -0.2) is 53.5 Å². The van der Waals surface area contributed by atoms with Crippen LogP contribution in [0.2, 0.25) is 0 Å². The van der Waals surface area contributed by atoms with Crippen LogP contribution in [0.1, 0.15) is 35.6 Å². The van der Waals surface area contributed by atoms with E-state index in [0.29, 0.717) is 32.1 Å². The minimum atomic E-state index is -0.0659. The average molecular weight is 344 g/mol. The highest BCUT2D eigenvalue weighted by molar-refractivity contribution is 8.00. The largest absolute Gasteiger partial charge is 0.339 e. The number of hydrogen-bond acceptors (Lipinski definition) is 3. The molecule has 128 valence electrons. The lowest BCUT2D eigenvalue weighted by Crippen LogP contribution is -2.53. The third-order valence-corrected chi connectivity index (χ3v) is 6.80. The van der Waals surface area contributed by atoms with Gasteiger partial charge in [-0.05, 0) is 36.1 Å². The quantitative estimate of drug-likeness (QED) is 0.828. The first kappa shape index (κ1) is 16.0. The van der Waals surface area contributed by atoms with Crippen molar-refractivity contribution in [3.8, 4) is 0 Å². The van der Waals surface area contributed by atoms with Gasteiger partial charge >= 0.3 is 0 Å². The summed E-state index contributed by atoms with van der Waals surface area (Å²) in [5.74, 6) is 1.80. The Morgan fingerprint density at radius 3 is 2.29 bits per heavy atom. The standard InChI is InChI=1S/C19H24N2O2S/c22-18(15-5-3-6-15)20-9-11-21(12-10-20)19(23)17-16-7-2-1-4-14(16)8-13-24-17/h1-2,4,7,15,17H,3,5-6,8-13H2/t17-/m0/s1. The van der Waals surface area contributed by atoms with Crippen LogP contribution < -0.4 is 0 Å². The van der Waals surface area contributed by atoms with E-state index in [2.05, 4.69) is 18.2 Å². The lowest BCUT2D eigenvalue weighted by molar-refractivity contribution is -0.143. The molecule has 4 rings (SSSR count). The molecule has 0 bridgehead atoms. The van der Waals surface area contributed by atoms with E-state index in [0.717, 1.165) is 25.0 Å². The summed E-state index contributed by atoms with van der Waals surface area (Å²) >= 11 is 1.76. The fraction of sp³-hybridized carbons (Fsp3) is 0.579. The first-order valence-electron chi connectivity index (χ1n) is 9.01. The lowest BCUT2D eigenvalue weighted by Gasteiger charge is -2.39. The van der Waals surface area contributed by atoms with E-state index in [4.69, 9.17) is 0 Å². The monoisotopic (exact) mass is 344 g/mol. The van der Waals surface area contributed by atoms with Crippen LogP contribution in [0.15, 0.2) is 24.3 Å². The van der Waals surface area contributed by atoms with Gasteiger partial charge < -0.3 is 9.80 Å². The number of carbonyl (C=O) groups excluding carboxylic acids is 2.